The standard InChI is InChI=1S/C60H70O9SSi/c1-44(38-51-52(42-62-39-45-26-14-8-15-27-45)67-57(61-7)56(64-41-47-30-18-10-19-31-47)54(51)63-40-46-28-16-9-17-29-46)66-53(55-58(69-60(5,6)68-55)70-48-32-20-11-21-33-48)43-65-71(59(2,3)4,49-34-22-12-23-35-49)50-36-24-13-25-37-50/h8-37,51-58H,1,38-43H2,2-7H3/t51-,52-,53-,54+,55-,56-,57+,58+/m1/s1. The third-order valence-corrected chi connectivity index (χ3v) is 19.3. The summed E-state index contributed by atoms with van der Waals surface area (Å²) in [4.78, 5) is 1.06. The first-order valence-electron chi connectivity index (χ1n) is 24.7. The maximum Gasteiger partial charge on any atom is 0.261 e. The summed E-state index contributed by atoms with van der Waals surface area (Å²) in [5.41, 5.74) is 2.68. The van der Waals surface area contributed by atoms with Crippen LogP contribution in [-0.2, 0) is 62.1 Å². The predicted octanol–water partition coefficient (Wildman–Crippen LogP) is 11.5. The van der Waals surface area contributed by atoms with Gasteiger partial charge in [0, 0.05) is 24.3 Å². The van der Waals surface area contributed by atoms with Gasteiger partial charge < -0.3 is 42.3 Å². The number of rotatable bonds is 23. The smallest absolute Gasteiger partial charge is 0.261 e. The lowest BCUT2D eigenvalue weighted by Crippen LogP contribution is -2.67. The van der Waals surface area contributed by atoms with E-state index in [0.29, 0.717) is 32.0 Å². The van der Waals surface area contributed by atoms with Crippen LogP contribution in [0.5, 0.6) is 0 Å². The van der Waals surface area contributed by atoms with E-state index in [1.165, 1.54) is 10.4 Å². The monoisotopic (exact) mass is 994 g/mol. The van der Waals surface area contributed by atoms with Crippen molar-refractivity contribution in [3.05, 3.63) is 211 Å². The zero-order valence-electron chi connectivity index (χ0n) is 42.0. The van der Waals surface area contributed by atoms with Crippen molar-refractivity contribution in [1.82, 2.24) is 0 Å². The summed E-state index contributed by atoms with van der Waals surface area (Å²) in [5, 5.41) is 2.05. The van der Waals surface area contributed by atoms with Crippen LogP contribution in [0.1, 0.15) is 57.7 Å². The minimum Gasteiger partial charge on any atom is -0.490 e. The highest BCUT2D eigenvalue weighted by atomic mass is 32.2. The molecule has 0 spiro atoms. The van der Waals surface area contributed by atoms with Gasteiger partial charge in [0.05, 0.1) is 51.0 Å². The minimum absolute atomic E-state index is 0.190. The lowest BCUT2D eigenvalue weighted by atomic mass is 9.85. The molecule has 2 heterocycles. The molecule has 11 heteroatoms. The molecule has 8 atom stereocenters. The lowest BCUT2D eigenvalue weighted by molar-refractivity contribution is -0.306. The van der Waals surface area contributed by atoms with E-state index in [4.69, 9.17) is 48.9 Å². The summed E-state index contributed by atoms with van der Waals surface area (Å²) in [6, 6.07) is 62.0. The molecule has 6 aromatic rings. The molecule has 0 saturated carbocycles. The number of allylic oxidation sites excluding steroid dienone is 1. The highest BCUT2D eigenvalue weighted by molar-refractivity contribution is 7.99. The van der Waals surface area contributed by atoms with Gasteiger partial charge in [-0.15, -0.1) is 0 Å². The van der Waals surface area contributed by atoms with Gasteiger partial charge in [0.25, 0.3) is 8.32 Å². The van der Waals surface area contributed by atoms with E-state index in [2.05, 4.69) is 118 Å². The lowest BCUT2D eigenvalue weighted by Gasteiger charge is -2.46. The summed E-state index contributed by atoms with van der Waals surface area (Å²) in [5.74, 6) is -0.755. The summed E-state index contributed by atoms with van der Waals surface area (Å²) in [6.07, 6.45) is -3.32. The minimum atomic E-state index is -3.05. The van der Waals surface area contributed by atoms with Crippen LogP contribution in [-0.4, -0.2) is 76.7 Å². The first kappa shape index (κ1) is 52.4. The maximum atomic E-state index is 7.67. The Labute approximate surface area is 426 Å². The van der Waals surface area contributed by atoms with Crippen molar-refractivity contribution in [3.8, 4) is 0 Å². The zero-order chi connectivity index (χ0) is 49.7. The molecule has 374 valence electrons. The second-order valence-electron chi connectivity index (χ2n) is 19.7. The van der Waals surface area contributed by atoms with Crippen LogP contribution >= 0.6 is 11.8 Å². The number of methoxy groups -OCH3 is 1. The molecule has 2 fully saturated rings. The SMILES string of the molecule is C=C(C[C@H]1[C@H](OCc2ccccc2)[C@@H](OCc2ccccc2)[C@@H](OC)O[C@@H]1COCc1ccccc1)O[C@H](CO[Si](c1ccccc1)(c1ccccc1)C(C)(C)C)[C@H]1OC(C)(C)O[C@H]1Sc1ccccc1. The topological polar surface area (TPSA) is 83.1 Å². The van der Waals surface area contributed by atoms with Gasteiger partial charge in [-0.2, -0.15) is 0 Å². The number of benzene rings is 6. The Bertz CT molecular complexity index is 2460. The fourth-order valence-electron chi connectivity index (χ4n) is 9.78. The Hall–Kier alpha value is -4.89. The second kappa shape index (κ2) is 24.7. The first-order valence-corrected chi connectivity index (χ1v) is 27.5. The van der Waals surface area contributed by atoms with Gasteiger partial charge in [0.2, 0.25) is 0 Å². The van der Waals surface area contributed by atoms with E-state index in [1.807, 2.05) is 98.8 Å². The molecular formula is C60H70O9SSi. The van der Waals surface area contributed by atoms with Gasteiger partial charge in [-0.3, -0.25) is 0 Å². The Kier molecular flexibility index (Phi) is 18.2. The summed E-state index contributed by atoms with van der Waals surface area (Å²) >= 11 is 1.62. The second-order valence-corrected chi connectivity index (χ2v) is 25.2. The molecule has 8 rings (SSSR count). The van der Waals surface area contributed by atoms with Gasteiger partial charge in [-0.25, -0.2) is 0 Å². The van der Waals surface area contributed by atoms with Crippen molar-refractivity contribution >= 4 is 30.5 Å². The average molecular weight is 995 g/mol. The number of hydrogen-bond donors (Lipinski definition) is 0. The molecule has 2 saturated heterocycles. The molecule has 9 nitrogen and oxygen atoms in total. The van der Waals surface area contributed by atoms with Crippen molar-refractivity contribution in [2.24, 2.45) is 5.92 Å². The van der Waals surface area contributed by atoms with Gasteiger partial charge >= 0.3 is 0 Å². The molecule has 0 amide bonds. The molecule has 0 bridgehead atoms. The Balaban J connectivity index is 1.15. The van der Waals surface area contributed by atoms with E-state index in [-0.39, 0.29) is 24.2 Å². The fraction of sp³-hybridized carbons (Fsp3) is 0.367. The van der Waals surface area contributed by atoms with Crippen molar-refractivity contribution in [2.75, 3.05) is 20.3 Å². The van der Waals surface area contributed by atoms with Gasteiger partial charge in [0.1, 0.15) is 23.7 Å². The van der Waals surface area contributed by atoms with Gasteiger partial charge in [0.15, 0.2) is 12.1 Å². The zero-order valence-corrected chi connectivity index (χ0v) is 43.8. The van der Waals surface area contributed by atoms with E-state index in [9.17, 15) is 0 Å². The summed E-state index contributed by atoms with van der Waals surface area (Å²) < 4.78 is 62.0. The number of thioether (sulfide) groups is 1. The van der Waals surface area contributed by atoms with Crippen molar-refractivity contribution in [2.45, 2.75) is 119 Å². The molecule has 71 heavy (non-hydrogen) atoms. The number of ether oxygens (including phenoxy) is 8. The Morgan fingerprint density at radius 2 is 1.13 bits per heavy atom. The van der Waals surface area contributed by atoms with E-state index in [0.717, 1.165) is 21.6 Å². The molecule has 0 aliphatic carbocycles. The molecule has 6 aromatic carbocycles. The van der Waals surface area contributed by atoms with Crippen LogP contribution in [0.3, 0.4) is 0 Å². The van der Waals surface area contributed by atoms with Crippen LogP contribution in [0.4, 0.5) is 0 Å². The van der Waals surface area contributed by atoms with Crippen LogP contribution in [0.2, 0.25) is 5.04 Å². The Morgan fingerprint density at radius 3 is 1.63 bits per heavy atom. The fourth-order valence-corrected chi connectivity index (χ4v) is 15.6. The molecule has 0 N–H and O–H groups in total. The summed E-state index contributed by atoms with van der Waals surface area (Å²) in [6.45, 7) is 17.0. The van der Waals surface area contributed by atoms with Gasteiger partial charge in [-0.05, 0) is 58.1 Å². The predicted molar refractivity (Wildman–Crippen MR) is 284 cm³/mol. The molecule has 0 aromatic heterocycles. The van der Waals surface area contributed by atoms with Crippen LogP contribution in [0, 0.1) is 5.92 Å². The quantitative estimate of drug-likeness (QED) is 0.0457. The molecule has 2 aliphatic heterocycles. The average Bonchev–Trinajstić information content (AvgIpc) is 3.69. The van der Waals surface area contributed by atoms with E-state index in [1.54, 1.807) is 18.9 Å². The highest BCUT2D eigenvalue weighted by Gasteiger charge is 2.54. The van der Waals surface area contributed by atoms with Gasteiger partial charge in [-0.1, -0.05) is 209 Å². The molecule has 0 unspecified atom stereocenters. The van der Waals surface area contributed by atoms with Crippen molar-refractivity contribution in [1.29, 1.82) is 0 Å². The van der Waals surface area contributed by atoms with Crippen LogP contribution in [0.15, 0.2) is 199 Å². The highest BCUT2D eigenvalue weighted by Crippen LogP contribution is 2.43. The molecule has 0 radical (unpaired) electrons. The van der Waals surface area contributed by atoms with E-state index >= 15 is 0 Å². The normalized spacial score (nSPS) is 22.7. The summed E-state index contributed by atoms with van der Waals surface area (Å²) in [7, 11) is -1.41. The van der Waals surface area contributed by atoms with Crippen LogP contribution < -0.4 is 10.4 Å². The van der Waals surface area contributed by atoms with Crippen molar-refractivity contribution < 1.29 is 42.3 Å². The third-order valence-electron chi connectivity index (χ3n) is 13.1. The Morgan fingerprint density at radius 1 is 0.648 bits per heavy atom. The third kappa shape index (κ3) is 13.6. The van der Waals surface area contributed by atoms with Crippen molar-refractivity contribution in [3.63, 3.8) is 0 Å². The van der Waals surface area contributed by atoms with E-state index < -0.39 is 56.4 Å². The van der Waals surface area contributed by atoms with Crippen LogP contribution in [0.25, 0.3) is 0 Å². The molecule has 2 aliphatic rings. The first-order chi connectivity index (χ1) is 34.4. The largest absolute Gasteiger partial charge is 0.490 e. The maximum absolute atomic E-state index is 7.67. The molecular weight excluding hydrogens is 925 g/mol. The number of hydrogen-bond acceptors (Lipinski definition) is 10.